The van der Waals surface area contributed by atoms with Crippen LogP contribution in [0.2, 0.25) is 0 Å². The molecule has 0 spiro atoms. The number of nitrogens with zero attached hydrogens (tertiary/aromatic N) is 3. The van der Waals surface area contributed by atoms with Gasteiger partial charge in [-0.25, -0.2) is 4.79 Å². The summed E-state index contributed by atoms with van der Waals surface area (Å²) in [6.07, 6.45) is -5.08. The van der Waals surface area contributed by atoms with E-state index in [-0.39, 0.29) is 5.91 Å². The largest absolute Gasteiger partial charge is 0.496 e. The van der Waals surface area contributed by atoms with E-state index in [9.17, 15) is 18.0 Å². The van der Waals surface area contributed by atoms with Crippen LogP contribution in [-0.2, 0) is 11.3 Å². The van der Waals surface area contributed by atoms with Crippen molar-refractivity contribution in [3.63, 3.8) is 0 Å². The van der Waals surface area contributed by atoms with Crippen molar-refractivity contribution in [2.75, 3.05) is 46.7 Å². The van der Waals surface area contributed by atoms with E-state index in [1.807, 2.05) is 36.4 Å². The number of hydrogen-bond acceptors (Lipinski definition) is 6. The molecule has 0 saturated heterocycles. The van der Waals surface area contributed by atoms with E-state index in [1.165, 1.54) is 0 Å². The lowest BCUT2D eigenvalue weighted by atomic mass is 10.0. The van der Waals surface area contributed by atoms with Crippen molar-refractivity contribution >= 4 is 17.6 Å². The number of aliphatic carboxylic acids is 1. The molecule has 0 saturated carbocycles. The summed E-state index contributed by atoms with van der Waals surface area (Å²) < 4.78 is 37.3. The van der Waals surface area contributed by atoms with E-state index in [4.69, 9.17) is 19.9 Å². The molecule has 0 aliphatic carbocycles. The molecule has 3 aromatic rings. The number of likely N-dealkylation sites (N-methyl/N-ethyl adjacent to an activating group) is 2. The van der Waals surface area contributed by atoms with E-state index >= 15 is 0 Å². The quantitative estimate of drug-likeness (QED) is 0.377. The molecule has 0 heterocycles. The fourth-order valence-electron chi connectivity index (χ4n) is 3.50. The van der Waals surface area contributed by atoms with E-state index in [0.717, 1.165) is 42.1 Å². The monoisotopic (exact) mass is 556 g/mol. The molecule has 40 heavy (non-hydrogen) atoms. The lowest BCUT2D eigenvalue weighted by Gasteiger charge is -2.21. The highest BCUT2D eigenvalue weighted by atomic mass is 19.4. The van der Waals surface area contributed by atoms with Crippen LogP contribution in [-0.4, -0.2) is 74.3 Å². The third kappa shape index (κ3) is 10.1. The van der Waals surface area contributed by atoms with Gasteiger partial charge in [0.15, 0.2) is 0 Å². The van der Waals surface area contributed by atoms with Crippen LogP contribution in [0.25, 0.3) is 11.1 Å². The van der Waals surface area contributed by atoms with Gasteiger partial charge in [0, 0.05) is 36.4 Å². The number of nitrogens with one attached hydrogen (secondary N) is 1. The molecule has 0 radical (unpaired) electrons. The molecule has 0 aromatic heterocycles. The number of alkyl halides is 3. The number of carboxylic acids is 1. The summed E-state index contributed by atoms with van der Waals surface area (Å²) in [5, 5.41) is 19.0. The number of anilines is 1. The normalized spacial score (nSPS) is 10.9. The number of amides is 1. The molecule has 2 N–H and O–H groups in total. The average Bonchev–Trinajstić information content (AvgIpc) is 2.92. The van der Waals surface area contributed by atoms with Crippen molar-refractivity contribution in [2.24, 2.45) is 0 Å². The molecule has 8 nitrogen and oxygen atoms in total. The maximum absolute atomic E-state index is 12.6. The summed E-state index contributed by atoms with van der Waals surface area (Å²) in [6, 6.07) is 22.6. The summed E-state index contributed by atoms with van der Waals surface area (Å²) >= 11 is 0. The maximum atomic E-state index is 12.6. The van der Waals surface area contributed by atoms with Gasteiger partial charge in [0.25, 0.3) is 5.91 Å². The number of benzene rings is 3. The molecule has 0 unspecified atom stereocenters. The molecular formula is C29H31F3N4O4. The standard InChI is InChI=1S/C27H30N4O2.C2HF3O2/c1-30(2)14-15-31(3)19-24-16-23(12-13-26(24)33-4)22-6-5-7-25(17-22)29-27(32)21-10-8-20(18-28)9-11-21;3-2(4,5)1(6)7/h5-13,16-17H,14-15,19H2,1-4H3,(H,29,32);(H,6,7). The van der Waals surface area contributed by atoms with Gasteiger partial charge in [-0.1, -0.05) is 18.2 Å². The van der Waals surface area contributed by atoms with E-state index in [0.29, 0.717) is 16.8 Å². The molecule has 212 valence electrons. The van der Waals surface area contributed by atoms with Crippen molar-refractivity contribution in [1.82, 2.24) is 9.80 Å². The second-order valence-corrected chi connectivity index (χ2v) is 9.09. The first-order chi connectivity index (χ1) is 18.8. The number of hydrogen-bond donors (Lipinski definition) is 2. The highest BCUT2D eigenvalue weighted by molar-refractivity contribution is 6.04. The molecule has 3 rings (SSSR count). The maximum Gasteiger partial charge on any atom is 0.490 e. The number of carboxylic acid groups (broad SMARTS) is 1. The molecule has 0 bridgehead atoms. The molecular weight excluding hydrogens is 525 g/mol. The topological polar surface area (TPSA) is 106 Å². The lowest BCUT2D eigenvalue weighted by molar-refractivity contribution is -0.192. The van der Waals surface area contributed by atoms with Gasteiger partial charge in [-0.2, -0.15) is 18.4 Å². The predicted octanol–water partition coefficient (Wildman–Crippen LogP) is 5.11. The van der Waals surface area contributed by atoms with Crippen LogP contribution >= 0.6 is 0 Å². The van der Waals surface area contributed by atoms with Crippen LogP contribution in [0.4, 0.5) is 18.9 Å². The highest BCUT2D eigenvalue weighted by Crippen LogP contribution is 2.29. The van der Waals surface area contributed by atoms with Crippen molar-refractivity contribution in [2.45, 2.75) is 12.7 Å². The van der Waals surface area contributed by atoms with Gasteiger partial charge < -0.3 is 25.0 Å². The number of carbonyl (C=O) groups is 2. The van der Waals surface area contributed by atoms with Crippen LogP contribution in [0.15, 0.2) is 66.7 Å². The van der Waals surface area contributed by atoms with Crippen molar-refractivity contribution < 1.29 is 32.6 Å². The Kier molecular flexibility index (Phi) is 11.7. The highest BCUT2D eigenvalue weighted by Gasteiger charge is 2.38. The van der Waals surface area contributed by atoms with Crippen LogP contribution in [0.1, 0.15) is 21.5 Å². The van der Waals surface area contributed by atoms with Gasteiger partial charge >= 0.3 is 12.1 Å². The Morgan fingerprint density at radius 2 is 1.60 bits per heavy atom. The van der Waals surface area contributed by atoms with Crippen molar-refractivity contribution in [3.05, 3.63) is 83.4 Å². The predicted molar refractivity (Wildman–Crippen MR) is 146 cm³/mol. The Hall–Kier alpha value is -4.40. The molecule has 1 amide bonds. The first-order valence-corrected chi connectivity index (χ1v) is 12.1. The minimum absolute atomic E-state index is 0.213. The fraction of sp³-hybridized carbons (Fsp3) is 0.276. The minimum atomic E-state index is -5.08. The molecule has 11 heteroatoms. The number of methoxy groups -OCH3 is 1. The summed E-state index contributed by atoms with van der Waals surface area (Å²) in [5.74, 6) is -2.11. The Morgan fingerprint density at radius 3 is 2.15 bits per heavy atom. The van der Waals surface area contributed by atoms with Gasteiger partial charge in [0.05, 0.1) is 18.7 Å². The van der Waals surface area contributed by atoms with Gasteiger partial charge in [0.2, 0.25) is 0 Å². The van der Waals surface area contributed by atoms with Crippen molar-refractivity contribution in [3.8, 4) is 22.9 Å². The van der Waals surface area contributed by atoms with Crippen LogP contribution in [0.3, 0.4) is 0 Å². The molecule has 0 aliphatic heterocycles. The second kappa shape index (κ2) is 14.7. The minimum Gasteiger partial charge on any atom is -0.496 e. The number of carbonyl (C=O) groups excluding carboxylic acids is 1. The summed E-state index contributed by atoms with van der Waals surface area (Å²) in [6.45, 7) is 2.72. The summed E-state index contributed by atoms with van der Waals surface area (Å²) in [5.41, 5.74) is 4.92. The van der Waals surface area contributed by atoms with Crippen LogP contribution in [0.5, 0.6) is 5.75 Å². The number of nitriles is 1. The van der Waals surface area contributed by atoms with Crippen LogP contribution < -0.4 is 10.1 Å². The third-order valence-corrected chi connectivity index (χ3v) is 5.62. The summed E-state index contributed by atoms with van der Waals surface area (Å²) in [4.78, 5) is 25.9. The first kappa shape index (κ1) is 31.8. The Bertz CT molecular complexity index is 1340. The van der Waals surface area contributed by atoms with Crippen molar-refractivity contribution in [1.29, 1.82) is 5.26 Å². The first-order valence-electron chi connectivity index (χ1n) is 12.1. The smallest absolute Gasteiger partial charge is 0.490 e. The number of rotatable bonds is 9. The van der Waals surface area contributed by atoms with E-state index in [1.54, 1.807) is 31.4 Å². The SMILES string of the molecule is COc1ccc(-c2cccc(NC(=O)c3ccc(C#N)cc3)c2)cc1CN(C)CCN(C)C.O=C(O)C(F)(F)F. The number of halogens is 3. The molecule has 0 fully saturated rings. The van der Waals surface area contributed by atoms with Gasteiger partial charge in [-0.05, 0) is 80.8 Å². The summed E-state index contributed by atoms with van der Waals surface area (Å²) in [7, 11) is 7.94. The molecule has 0 atom stereocenters. The van der Waals surface area contributed by atoms with Gasteiger partial charge in [0.1, 0.15) is 5.75 Å². The number of ether oxygens (including phenoxy) is 1. The van der Waals surface area contributed by atoms with E-state index < -0.39 is 12.1 Å². The average molecular weight is 557 g/mol. The lowest BCUT2D eigenvalue weighted by Crippen LogP contribution is -2.28. The van der Waals surface area contributed by atoms with Crippen LogP contribution in [0, 0.1) is 11.3 Å². The Labute approximate surface area is 231 Å². The molecule has 3 aromatic carbocycles. The zero-order chi connectivity index (χ0) is 29.9. The third-order valence-electron chi connectivity index (χ3n) is 5.62. The second-order valence-electron chi connectivity index (χ2n) is 9.09. The van der Waals surface area contributed by atoms with Gasteiger partial charge in [-0.3, -0.25) is 4.79 Å². The van der Waals surface area contributed by atoms with E-state index in [2.05, 4.69) is 48.4 Å². The Morgan fingerprint density at radius 1 is 0.975 bits per heavy atom. The van der Waals surface area contributed by atoms with Gasteiger partial charge in [-0.15, -0.1) is 0 Å². The zero-order valence-corrected chi connectivity index (χ0v) is 22.6. The zero-order valence-electron chi connectivity index (χ0n) is 22.6. The molecule has 0 aliphatic rings. The fourth-order valence-corrected chi connectivity index (χ4v) is 3.50. The Balaban J connectivity index is 0.000000708.